The predicted octanol–water partition coefficient (Wildman–Crippen LogP) is 6.75. The third-order valence-electron chi connectivity index (χ3n) is 8.38. The van der Waals surface area contributed by atoms with Crippen LogP contribution in [0.3, 0.4) is 0 Å². The summed E-state index contributed by atoms with van der Waals surface area (Å²) in [6.45, 7) is 11.0. The van der Waals surface area contributed by atoms with Crippen molar-refractivity contribution < 1.29 is 14.2 Å². The van der Waals surface area contributed by atoms with Crippen LogP contribution in [0.2, 0.25) is 10.0 Å². The zero-order chi connectivity index (χ0) is 29.1. The number of benzene rings is 2. The summed E-state index contributed by atoms with van der Waals surface area (Å²) in [5.41, 5.74) is 2.68. The number of nitrogens with one attached hydrogen (secondary N) is 1. The van der Waals surface area contributed by atoms with Gasteiger partial charge in [0.1, 0.15) is 11.8 Å². The van der Waals surface area contributed by atoms with E-state index in [9.17, 15) is 5.26 Å². The molecule has 0 atom stereocenters. The molecule has 2 aliphatic heterocycles. The third-order valence-corrected chi connectivity index (χ3v) is 8.98. The van der Waals surface area contributed by atoms with E-state index < -0.39 is 0 Å². The maximum absolute atomic E-state index is 9.81. The molecule has 41 heavy (non-hydrogen) atoms. The molecule has 0 saturated carbocycles. The van der Waals surface area contributed by atoms with Crippen LogP contribution in [0.5, 0.6) is 17.2 Å². The van der Waals surface area contributed by atoms with Gasteiger partial charge in [0.2, 0.25) is 0 Å². The third kappa shape index (κ3) is 6.29. The fraction of sp³-hybridized carbons (Fsp3) is 0.484. The summed E-state index contributed by atoms with van der Waals surface area (Å²) >= 11 is 12.7. The number of anilines is 2. The fourth-order valence-electron chi connectivity index (χ4n) is 5.83. The van der Waals surface area contributed by atoms with E-state index >= 15 is 0 Å². The number of likely N-dealkylation sites (tertiary alicyclic amines) is 2. The lowest BCUT2D eigenvalue weighted by Crippen LogP contribution is -2.62. The molecule has 0 unspecified atom stereocenters. The summed E-state index contributed by atoms with van der Waals surface area (Å²) in [4.78, 5) is 9.66. The number of pyridine rings is 1. The lowest BCUT2D eigenvalue weighted by atomic mass is 9.71. The van der Waals surface area contributed by atoms with Gasteiger partial charge in [0.15, 0.2) is 11.5 Å². The zero-order valence-electron chi connectivity index (χ0n) is 24.1. The molecule has 1 aromatic heterocycles. The van der Waals surface area contributed by atoms with E-state index in [0.29, 0.717) is 73.2 Å². The zero-order valence-corrected chi connectivity index (χ0v) is 25.6. The van der Waals surface area contributed by atoms with Crippen molar-refractivity contribution in [1.29, 1.82) is 5.26 Å². The molecule has 0 radical (unpaired) electrons. The maximum atomic E-state index is 9.81. The number of aromatic nitrogens is 1. The summed E-state index contributed by atoms with van der Waals surface area (Å²) in [6.07, 6.45) is 5.04. The van der Waals surface area contributed by atoms with Crippen molar-refractivity contribution in [2.24, 2.45) is 5.41 Å². The molecular weight excluding hydrogens is 561 g/mol. The second-order valence-electron chi connectivity index (χ2n) is 11.3. The number of halogens is 2. The first-order valence-corrected chi connectivity index (χ1v) is 14.8. The smallest absolute Gasteiger partial charge is 0.163 e. The van der Waals surface area contributed by atoms with E-state index in [2.05, 4.69) is 40.0 Å². The summed E-state index contributed by atoms with van der Waals surface area (Å²) in [5.74, 6) is 1.65. The molecule has 8 nitrogen and oxygen atoms in total. The molecule has 0 bridgehead atoms. The number of methoxy groups -OCH3 is 2. The summed E-state index contributed by atoms with van der Waals surface area (Å²) in [7, 11) is 3.14. The van der Waals surface area contributed by atoms with Gasteiger partial charge in [-0.2, -0.15) is 5.26 Å². The van der Waals surface area contributed by atoms with Crippen molar-refractivity contribution in [2.45, 2.75) is 39.2 Å². The van der Waals surface area contributed by atoms with Gasteiger partial charge in [-0.3, -0.25) is 9.88 Å². The Balaban J connectivity index is 1.25. The van der Waals surface area contributed by atoms with E-state index in [1.54, 1.807) is 19.2 Å². The van der Waals surface area contributed by atoms with Crippen LogP contribution in [0.25, 0.3) is 10.9 Å². The van der Waals surface area contributed by atoms with E-state index in [-0.39, 0.29) is 0 Å². The Kier molecular flexibility index (Phi) is 9.00. The maximum Gasteiger partial charge on any atom is 0.163 e. The summed E-state index contributed by atoms with van der Waals surface area (Å²) in [6, 6.07) is 9.85. The van der Waals surface area contributed by atoms with Crippen LogP contribution < -0.4 is 19.5 Å². The molecular formula is C31H37Cl2N5O3. The first-order chi connectivity index (χ1) is 19.8. The Hall–Kier alpha value is -2.96. The number of rotatable bonds is 10. The van der Waals surface area contributed by atoms with Crippen molar-refractivity contribution in [3.8, 4) is 23.3 Å². The Labute approximate surface area is 252 Å². The van der Waals surface area contributed by atoms with Gasteiger partial charge < -0.3 is 24.4 Å². The van der Waals surface area contributed by atoms with Crippen LogP contribution in [0.4, 0.5) is 11.4 Å². The molecule has 2 aromatic carbocycles. The fourth-order valence-corrected chi connectivity index (χ4v) is 6.33. The van der Waals surface area contributed by atoms with Gasteiger partial charge in [0.05, 0.1) is 53.3 Å². The molecule has 0 aliphatic carbocycles. The second kappa shape index (κ2) is 12.5. The normalized spacial score (nSPS) is 16.9. The molecule has 218 valence electrons. The standard InChI is InChI=1S/C31H37Cl2N5O3/c1-20(2)38-18-31(19-38)6-9-37(10-7-31)8-5-11-41-29-14-25-22(12-28(29)40-4)30(21(16-34)17-35-25)36-26-15-27(39-3)24(33)13-23(26)32/h12-15,17,20H,5-11,18-19H2,1-4H3,(H,35,36). The number of ether oxygens (including phenoxy) is 3. The number of nitriles is 1. The quantitative estimate of drug-likeness (QED) is 0.257. The SMILES string of the molecule is COc1cc(Nc2c(C#N)cnc3cc(OCCCN4CCC5(CC4)CN(C(C)C)C5)c(OC)cc23)c(Cl)cc1Cl. The number of hydrogen-bond acceptors (Lipinski definition) is 8. The van der Waals surface area contributed by atoms with Crippen LogP contribution >= 0.6 is 23.2 Å². The average Bonchev–Trinajstić information content (AvgIpc) is 2.95. The van der Waals surface area contributed by atoms with Gasteiger partial charge in [0.25, 0.3) is 0 Å². The minimum absolute atomic E-state index is 0.361. The average molecular weight is 599 g/mol. The lowest BCUT2D eigenvalue weighted by Gasteiger charge is -2.55. The Morgan fingerprint density at radius 3 is 2.41 bits per heavy atom. The highest BCUT2D eigenvalue weighted by Crippen LogP contribution is 2.42. The van der Waals surface area contributed by atoms with Crippen molar-refractivity contribution in [1.82, 2.24) is 14.8 Å². The monoisotopic (exact) mass is 597 g/mol. The van der Waals surface area contributed by atoms with E-state index in [0.717, 1.165) is 26.1 Å². The second-order valence-corrected chi connectivity index (χ2v) is 12.1. The van der Waals surface area contributed by atoms with Crippen molar-refractivity contribution in [2.75, 3.05) is 58.9 Å². The Morgan fingerprint density at radius 2 is 1.76 bits per heavy atom. The molecule has 5 rings (SSSR count). The van der Waals surface area contributed by atoms with Gasteiger partial charge >= 0.3 is 0 Å². The molecule has 1 N–H and O–H groups in total. The van der Waals surface area contributed by atoms with Gasteiger partial charge in [-0.25, -0.2) is 0 Å². The minimum atomic E-state index is 0.361. The molecule has 2 fully saturated rings. The lowest BCUT2D eigenvalue weighted by molar-refractivity contribution is -0.0624. The molecule has 3 aromatic rings. The first kappa shape index (κ1) is 29.5. The van der Waals surface area contributed by atoms with Gasteiger partial charge in [-0.05, 0) is 63.7 Å². The van der Waals surface area contributed by atoms with E-state index in [4.69, 9.17) is 37.4 Å². The van der Waals surface area contributed by atoms with Crippen molar-refractivity contribution >= 4 is 45.5 Å². The number of piperidine rings is 1. The first-order valence-electron chi connectivity index (χ1n) is 14.1. The number of fused-ring (bicyclic) bond motifs is 1. The highest BCUT2D eigenvalue weighted by atomic mass is 35.5. The van der Waals surface area contributed by atoms with Gasteiger partial charge in [-0.15, -0.1) is 0 Å². The van der Waals surface area contributed by atoms with E-state index in [1.165, 1.54) is 39.2 Å². The highest BCUT2D eigenvalue weighted by molar-refractivity contribution is 6.37. The number of hydrogen-bond donors (Lipinski definition) is 1. The topological polar surface area (TPSA) is 82.9 Å². The van der Waals surface area contributed by atoms with Crippen LogP contribution in [0.1, 0.15) is 38.7 Å². The van der Waals surface area contributed by atoms with Crippen LogP contribution in [-0.2, 0) is 0 Å². The van der Waals surface area contributed by atoms with Crippen LogP contribution in [-0.4, -0.2) is 74.4 Å². The van der Waals surface area contributed by atoms with Crippen LogP contribution in [0, 0.1) is 16.7 Å². The van der Waals surface area contributed by atoms with Crippen LogP contribution in [0.15, 0.2) is 30.5 Å². The van der Waals surface area contributed by atoms with Crippen molar-refractivity contribution in [3.63, 3.8) is 0 Å². The predicted molar refractivity (Wildman–Crippen MR) is 164 cm³/mol. The Morgan fingerprint density at radius 1 is 1.02 bits per heavy atom. The van der Waals surface area contributed by atoms with Gasteiger partial charge in [-0.1, -0.05) is 23.2 Å². The minimum Gasteiger partial charge on any atom is -0.495 e. The van der Waals surface area contributed by atoms with E-state index in [1.807, 2.05) is 12.1 Å². The summed E-state index contributed by atoms with van der Waals surface area (Å²) in [5, 5.41) is 14.6. The largest absolute Gasteiger partial charge is 0.495 e. The molecule has 10 heteroatoms. The highest BCUT2D eigenvalue weighted by Gasteiger charge is 2.45. The molecule has 1 spiro atoms. The number of nitrogens with zero attached hydrogens (tertiary/aromatic N) is 4. The van der Waals surface area contributed by atoms with Crippen molar-refractivity contribution in [3.05, 3.63) is 46.1 Å². The molecule has 2 aliphatic rings. The molecule has 0 amide bonds. The van der Waals surface area contributed by atoms with Gasteiger partial charge in [0, 0.05) is 49.4 Å². The molecule has 3 heterocycles. The molecule has 2 saturated heterocycles. The summed E-state index contributed by atoms with van der Waals surface area (Å²) < 4.78 is 17.2. The Bertz CT molecular complexity index is 1440.